The van der Waals surface area contributed by atoms with Crippen molar-refractivity contribution in [2.24, 2.45) is 0 Å². The zero-order valence-corrected chi connectivity index (χ0v) is 13.6. The number of nitrogens with zero attached hydrogens (tertiary/aromatic N) is 1. The fraction of sp³-hybridized carbons (Fsp3) is 0.294. The molecule has 0 aliphatic heterocycles. The summed E-state index contributed by atoms with van der Waals surface area (Å²) in [6.45, 7) is 0.593. The van der Waals surface area contributed by atoms with Gasteiger partial charge in [0.15, 0.2) is 0 Å². The van der Waals surface area contributed by atoms with E-state index in [1.807, 2.05) is 12.1 Å². The minimum absolute atomic E-state index is 0.0902. The average Bonchev–Trinajstić information content (AvgIpc) is 3.06. The zero-order chi connectivity index (χ0) is 16.7. The van der Waals surface area contributed by atoms with Crippen LogP contribution in [0.2, 0.25) is 5.02 Å². The first-order valence-corrected chi connectivity index (χ1v) is 7.57. The molecule has 1 aromatic carbocycles. The van der Waals surface area contributed by atoms with Crippen LogP contribution in [0.25, 0.3) is 0 Å². The molecule has 5 nitrogen and oxygen atoms in total. The largest absolute Gasteiger partial charge is 0.469 e. The Balaban J connectivity index is 2.03. The van der Waals surface area contributed by atoms with E-state index in [0.29, 0.717) is 17.3 Å². The number of hydrogen-bond acceptors (Lipinski definition) is 4. The van der Waals surface area contributed by atoms with Crippen LogP contribution in [0, 0.1) is 0 Å². The number of halogens is 1. The molecule has 2 aromatic rings. The average molecular weight is 336 g/mol. The summed E-state index contributed by atoms with van der Waals surface area (Å²) in [6, 6.07) is 10.7. The summed E-state index contributed by atoms with van der Waals surface area (Å²) >= 11 is 5.85. The Labute approximate surface area is 139 Å². The third-order valence-electron chi connectivity index (χ3n) is 3.36. The first kappa shape index (κ1) is 17.1. The van der Waals surface area contributed by atoms with Crippen LogP contribution in [0.3, 0.4) is 0 Å². The van der Waals surface area contributed by atoms with Gasteiger partial charge in [-0.05, 0) is 29.8 Å². The van der Waals surface area contributed by atoms with Crippen LogP contribution in [-0.2, 0) is 27.3 Å². The van der Waals surface area contributed by atoms with Crippen LogP contribution in [0.5, 0.6) is 0 Å². The third kappa shape index (κ3) is 5.45. The third-order valence-corrected chi connectivity index (χ3v) is 3.61. The predicted octanol–water partition coefficient (Wildman–Crippen LogP) is 3.07. The van der Waals surface area contributed by atoms with E-state index < -0.39 is 0 Å². The quantitative estimate of drug-likeness (QED) is 0.730. The van der Waals surface area contributed by atoms with Gasteiger partial charge < -0.3 is 14.1 Å². The predicted molar refractivity (Wildman–Crippen MR) is 85.9 cm³/mol. The highest BCUT2D eigenvalue weighted by atomic mass is 35.5. The van der Waals surface area contributed by atoms with Gasteiger partial charge in [-0.15, -0.1) is 0 Å². The number of methoxy groups -OCH3 is 1. The summed E-state index contributed by atoms with van der Waals surface area (Å²) < 4.78 is 9.92. The van der Waals surface area contributed by atoms with Gasteiger partial charge in [-0.3, -0.25) is 9.59 Å². The lowest BCUT2D eigenvalue weighted by Crippen LogP contribution is -2.33. The SMILES string of the molecule is COC(=O)CCN(Cc1ccco1)C(=O)Cc1ccc(Cl)cc1. The van der Waals surface area contributed by atoms with E-state index in [9.17, 15) is 9.59 Å². The Kier molecular flexibility index (Phi) is 6.23. The Morgan fingerprint density at radius 3 is 2.57 bits per heavy atom. The van der Waals surface area contributed by atoms with E-state index in [4.69, 9.17) is 16.0 Å². The van der Waals surface area contributed by atoms with Crippen LogP contribution in [-0.4, -0.2) is 30.4 Å². The molecule has 23 heavy (non-hydrogen) atoms. The maximum absolute atomic E-state index is 12.5. The summed E-state index contributed by atoms with van der Waals surface area (Å²) in [5.41, 5.74) is 0.863. The van der Waals surface area contributed by atoms with Gasteiger partial charge >= 0.3 is 5.97 Å². The molecule has 1 amide bonds. The minimum Gasteiger partial charge on any atom is -0.469 e. The molecular formula is C17H18ClNO4. The molecule has 0 saturated carbocycles. The number of carbonyl (C=O) groups is 2. The van der Waals surface area contributed by atoms with Crippen molar-refractivity contribution in [3.05, 3.63) is 59.0 Å². The van der Waals surface area contributed by atoms with Gasteiger partial charge in [0.25, 0.3) is 0 Å². The van der Waals surface area contributed by atoms with Crippen LogP contribution in [0.4, 0.5) is 0 Å². The molecule has 0 fully saturated rings. The fourth-order valence-electron chi connectivity index (χ4n) is 2.10. The number of rotatable bonds is 7. The molecule has 1 aromatic heterocycles. The molecular weight excluding hydrogens is 318 g/mol. The molecule has 0 spiro atoms. The summed E-state index contributed by atoms with van der Waals surface area (Å²) in [5, 5.41) is 0.624. The van der Waals surface area contributed by atoms with Gasteiger partial charge in [-0.2, -0.15) is 0 Å². The van der Waals surface area contributed by atoms with Crippen molar-refractivity contribution in [2.45, 2.75) is 19.4 Å². The van der Waals surface area contributed by atoms with Crippen LogP contribution in [0.15, 0.2) is 47.1 Å². The van der Waals surface area contributed by atoms with Crippen molar-refractivity contribution < 1.29 is 18.7 Å². The highest BCUT2D eigenvalue weighted by Crippen LogP contribution is 2.13. The number of esters is 1. The first-order chi connectivity index (χ1) is 11.1. The molecule has 0 N–H and O–H groups in total. The number of benzene rings is 1. The normalized spacial score (nSPS) is 10.3. The van der Waals surface area contributed by atoms with Crippen molar-refractivity contribution in [3.63, 3.8) is 0 Å². The van der Waals surface area contributed by atoms with Gasteiger partial charge in [-0.25, -0.2) is 0 Å². The van der Waals surface area contributed by atoms with Crippen molar-refractivity contribution in [1.82, 2.24) is 4.90 Å². The Morgan fingerprint density at radius 2 is 1.96 bits per heavy atom. The summed E-state index contributed by atoms with van der Waals surface area (Å²) in [6.07, 6.45) is 1.93. The second-order valence-electron chi connectivity index (χ2n) is 5.02. The fourth-order valence-corrected chi connectivity index (χ4v) is 2.23. The molecule has 0 saturated heterocycles. The lowest BCUT2D eigenvalue weighted by molar-refractivity contribution is -0.141. The molecule has 2 rings (SSSR count). The molecule has 122 valence electrons. The standard InChI is InChI=1S/C17H18ClNO4/c1-22-17(21)8-9-19(12-15-3-2-10-23-15)16(20)11-13-4-6-14(18)7-5-13/h2-7,10H,8-9,11-12H2,1H3. The molecule has 0 aliphatic carbocycles. The van der Waals surface area contributed by atoms with E-state index in [1.54, 1.807) is 35.4 Å². The van der Waals surface area contributed by atoms with E-state index in [0.717, 1.165) is 5.56 Å². The van der Waals surface area contributed by atoms with Crippen LogP contribution in [0.1, 0.15) is 17.7 Å². The number of carbonyl (C=O) groups excluding carboxylic acids is 2. The Morgan fingerprint density at radius 1 is 1.22 bits per heavy atom. The number of ether oxygens (including phenoxy) is 1. The highest BCUT2D eigenvalue weighted by molar-refractivity contribution is 6.30. The Bertz CT molecular complexity index is 637. The molecule has 0 unspecified atom stereocenters. The minimum atomic E-state index is -0.353. The molecule has 0 atom stereocenters. The summed E-state index contributed by atoms with van der Waals surface area (Å²) in [5.74, 6) is 0.223. The molecule has 0 aliphatic rings. The van der Waals surface area contributed by atoms with Crippen LogP contribution < -0.4 is 0 Å². The number of furan rings is 1. The van der Waals surface area contributed by atoms with Gasteiger partial charge in [0.1, 0.15) is 5.76 Å². The summed E-state index contributed by atoms with van der Waals surface area (Å²) in [4.78, 5) is 25.5. The number of hydrogen-bond donors (Lipinski definition) is 0. The van der Waals surface area contributed by atoms with Crippen LogP contribution >= 0.6 is 11.6 Å². The highest BCUT2D eigenvalue weighted by Gasteiger charge is 2.17. The molecule has 0 bridgehead atoms. The van der Waals surface area contributed by atoms with Gasteiger partial charge in [-0.1, -0.05) is 23.7 Å². The lowest BCUT2D eigenvalue weighted by Gasteiger charge is -2.21. The molecule has 0 radical (unpaired) electrons. The van der Waals surface area contributed by atoms with Crippen molar-refractivity contribution >= 4 is 23.5 Å². The lowest BCUT2D eigenvalue weighted by atomic mass is 10.1. The molecule has 1 heterocycles. The Hall–Kier alpha value is -2.27. The van der Waals surface area contributed by atoms with E-state index in [1.165, 1.54) is 7.11 Å². The van der Waals surface area contributed by atoms with Gasteiger partial charge in [0, 0.05) is 11.6 Å². The van der Waals surface area contributed by atoms with Gasteiger partial charge in [0.2, 0.25) is 5.91 Å². The monoisotopic (exact) mass is 335 g/mol. The first-order valence-electron chi connectivity index (χ1n) is 7.20. The van der Waals surface area contributed by atoms with Crippen molar-refractivity contribution in [3.8, 4) is 0 Å². The molecule has 6 heteroatoms. The van der Waals surface area contributed by atoms with E-state index in [-0.39, 0.29) is 31.3 Å². The topological polar surface area (TPSA) is 59.8 Å². The number of amides is 1. The maximum Gasteiger partial charge on any atom is 0.307 e. The maximum atomic E-state index is 12.5. The van der Waals surface area contributed by atoms with Crippen molar-refractivity contribution in [2.75, 3.05) is 13.7 Å². The second-order valence-corrected chi connectivity index (χ2v) is 5.46. The second kappa shape index (κ2) is 8.39. The van der Waals surface area contributed by atoms with E-state index >= 15 is 0 Å². The van der Waals surface area contributed by atoms with Gasteiger partial charge in [0.05, 0.1) is 32.8 Å². The zero-order valence-electron chi connectivity index (χ0n) is 12.8. The smallest absolute Gasteiger partial charge is 0.307 e. The summed E-state index contributed by atoms with van der Waals surface area (Å²) in [7, 11) is 1.33. The van der Waals surface area contributed by atoms with Crippen molar-refractivity contribution in [1.29, 1.82) is 0 Å². The van der Waals surface area contributed by atoms with E-state index in [2.05, 4.69) is 4.74 Å².